The van der Waals surface area contributed by atoms with E-state index in [1.54, 1.807) is 29.2 Å². The fourth-order valence-electron chi connectivity index (χ4n) is 2.70. The van der Waals surface area contributed by atoms with E-state index in [4.69, 9.17) is 10.5 Å². The number of piperidine rings is 1. The molecule has 0 aromatic heterocycles. The molecule has 0 radical (unpaired) electrons. The Morgan fingerprint density at radius 1 is 1.36 bits per heavy atom. The summed E-state index contributed by atoms with van der Waals surface area (Å²) in [4.78, 5) is 13.7. The van der Waals surface area contributed by atoms with Crippen LogP contribution in [-0.4, -0.2) is 29.7 Å². The number of nitrogens with zero attached hydrogens (tertiary/aromatic N) is 1. The quantitative estimate of drug-likeness (QED) is 0.842. The highest BCUT2D eigenvalue weighted by molar-refractivity contribution is 5.68. The van der Waals surface area contributed by atoms with Crippen LogP contribution in [0, 0.1) is 5.92 Å². The largest absolute Gasteiger partial charge is 0.444 e. The number of benzene rings is 1. The van der Waals surface area contributed by atoms with Crippen LogP contribution in [0.15, 0.2) is 24.3 Å². The zero-order valence-corrected chi connectivity index (χ0v) is 13.5. The van der Waals surface area contributed by atoms with Crippen LogP contribution in [0.4, 0.5) is 14.9 Å². The van der Waals surface area contributed by atoms with Gasteiger partial charge in [0.15, 0.2) is 0 Å². The fraction of sp³-hybridized carbons (Fsp3) is 0.588. The van der Waals surface area contributed by atoms with Crippen LogP contribution in [-0.2, 0) is 4.74 Å². The summed E-state index contributed by atoms with van der Waals surface area (Å²) in [6.07, 6.45) is -0.0840. The monoisotopic (exact) mass is 308 g/mol. The lowest BCUT2D eigenvalue weighted by Crippen LogP contribution is -2.42. The molecule has 1 saturated heterocycles. The third-order valence-corrected chi connectivity index (χ3v) is 3.83. The number of carbonyl (C=O) groups is 1. The fourth-order valence-corrected chi connectivity index (χ4v) is 2.70. The van der Waals surface area contributed by atoms with Crippen LogP contribution in [0.25, 0.3) is 0 Å². The minimum Gasteiger partial charge on any atom is -0.444 e. The lowest BCUT2D eigenvalue weighted by atomic mass is 9.88. The molecule has 1 aromatic carbocycles. The summed E-state index contributed by atoms with van der Waals surface area (Å²) in [7, 11) is 0. The van der Waals surface area contributed by atoms with Gasteiger partial charge in [-0.25, -0.2) is 9.18 Å². The Hall–Kier alpha value is -1.78. The molecule has 122 valence electrons. The highest BCUT2D eigenvalue weighted by Gasteiger charge is 2.31. The molecule has 0 saturated carbocycles. The Morgan fingerprint density at radius 2 is 2.00 bits per heavy atom. The van der Waals surface area contributed by atoms with Crippen molar-refractivity contribution < 1.29 is 13.9 Å². The van der Waals surface area contributed by atoms with E-state index < -0.39 is 11.8 Å². The number of alkyl halides is 1. The molecule has 1 unspecified atom stereocenters. The van der Waals surface area contributed by atoms with Crippen molar-refractivity contribution in [3.05, 3.63) is 29.8 Å². The molecule has 0 bridgehead atoms. The first-order valence-corrected chi connectivity index (χ1v) is 7.74. The number of hydrogen-bond acceptors (Lipinski definition) is 3. The van der Waals surface area contributed by atoms with Crippen LogP contribution in [0.1, 0.15) is 45.3 Å². The van der Waals surface area contributed by atoms with Gasteiger partial charge in [-0.2, -0.15) is 0 Å². The van der Waals surface area contributed by atoms with Crippen molar-refractivity contribution >= 4 is 11.8 Å². The van der Waals surface area contributed by atoms with Gasteiger partial charge in [0.2, 0.25) is 0 Å². The highest BCUT2D eigenvalue weighted by Crippen LogP contribution is 2.34. The molecule has 2 N–H and O–H groups in total. The average Bonchev–Trinajstić information content (AvgIpc) is 2.45. The maximum absolute atomic E-state index is 14.6. The number of rotatable bonds is 2. The summed E-state index contributed by atoms with van der Waals surface area (Å²) in [5, 5.41) is 0. The van der Waals surface area contributed by atoms with Crippen LogP contribution in [0.3, 0.4) is 0 Å². The van der Waals surface area contributed by atoms with Gasteiger partial charge in [-0.05, 0) is 57.2 Å². The molecular weight excluding hydrogens is 283 g/mol. The summed E-state index contributed by atoms with van der Waals surface area (Å²) >= 11 is 0. The Labute approximate surface area is 131 Å². The van der Waals surface area contributed by atoms with E-state index >= 15 is 0 Å². The number of amides is 1. The molecule has 2 rings (SSSR count). The molecule has 1 aliphatic rings. The zero-order valence-electron chi connectivity index (χ0n) is 13.5. The van der Waals surface area contributed by atoms with Crippen LogP contribution >= 0.6 is 0 Å². The van der Waals surface area contributed by atoms with Crippen molar-refractivity contribution in [3.63, 3.8) is 0 Å². The van der Waals surface area contributed by atoms with Gasteiger partial charge in [-0.15, -0.1) is 0 Å². The van der Waals surface area contributed by atoms with Gasteiger partial charge < -0.3 is 15.4 Å². The third-order valence-electron chi connectivity index (χ3n) is 3.83. The summed E-state index contributed by atoms with van der Waals surface area (Å²) in [5.41, 5.74) is 6.40. The first-order valence-electron chi connectivity index (χ1n) is 7.74. The molecule has 4 nitrogen and oxygen atoms in total. The highest BCUT2D eigenvalue weighted by atomic mass is 19.1. The lowest BCUT2D eigenvalue weighted by Gasteiger charge is -2.34. The number of ether oxygens (including phenoxy) is 1. The number of anilines is 1. The third kappa shape index (κ3) is 4.36. The van der Waals surface area contributed by atoms with E-state index in [-0.39, 0.29) is 12.0 Å². The molecule has 5 heteroatoms. The molecule has 1 aromatic rings. The number of carbonyl (C=O) groups excluding carboxylic acids is 1. The second-order valence-corrected chi connectivity index (χ2v) is 6.88. The molecule has 1 aliphatic heterocycles. The predicted octanol–water partition coefficient (Wildman–Crippen LogP) is 3.93. The van der Waals surface area contributed by atoms with Crippen LogP contribution < -0.4 is 5.73 Å². The Morgan fingerprint density at radius 3 is 2.55 bits per heavy atom. The van der Waals surface area contributed by atoms with E-state index in [1.165, 1.54) is 0 Å². The van der Waals surface area contributed by atoms with Gasteiger partial charge in [0.25, 0.3) is 0 Å². The van der Waals surface area contributed by atoms with Crippen LogP contribution in [0.2, 0.25) is 0 Å². The normalized spacial score (nSPS) is 18.1. The number of hydrogen-bond donors (Lipinski definition) is 1. The molecule has 0 aliphatic carbocycles. The lowest BCUT2D eigenvalue weighted by molar-refractivity contribution is 0.0144. The molecular formula is C17H25FN2O2. The first-order chi connectivity index (χ1) is 10.3. The van der Waals surface area contributed by atoms with Gasteiger partial charge in [-0.1, -0.05) is 12.1 Å². The maximum atomic E-state index is 14.6. The summed E-state index contributed by atoms with van der Waals surface area (Å²) < 4.78 is 20.0. The molecule has 1 amide bonds. The van der Waals surface area contributed by atoms with Crippen molar-refractivity contribution in [1.82, 2.24) is 4.90 Å². The number of likely N-dealkylation sites (tertiary alicyclic amines) is 1. The minimum atomic E-state index is -1.04. The van der Waals surface area contributed by atoms with Crippen molar-refractivity contribution in [1.29, 1.82) is 0 Å². The smallest absolute Gasteiger partial charge is 0.410 e. The van der Waals surface area contributed by atoms with Crippen molar-refractivity contribution in [3.8, 4) is 0 Å². The number of nitrogen functional groups attached to an aromatic ring is 1. The number of nitrogens with two attached hydrogens (primary N) is 1. The summed E-state index contributed by atoms with van der Waals surface area (Å²) in [5.74, 6) is -0.0829. The molecule has 1 heterocycles. The first kappa shape index (κ1) is 16.6. The van der Waals surface area contributed by atoms with Crippen LogP contribution in [0.5, 0.6) is 0 Å². The summed E-state index contributed by atoms with van der Waals surface area (Å²) in [6, 6.07) is 6.97. The van der Waals surface area contributed by atoms with E-state index in [9.17, 15) is 9.18 Å². The van der Waals surface area contributed by atoms with E-state index in [2.05, 4.69) is 0 Å². The Kier molecular flexibility index (Phi) is 4.94. The van der Waals surface area contributed by atoms with Crippen molar-refractivity contribution in [2.75, 3.05) is 18.8 Å². The topological polar surface area (TPSA) is 55.6 Å². The average molecular weight is 308 g/mol. The van der Waals surface area contributed by atoms with Gasteiger partial charge in [0, 0.05) is 18.8 Å². The second-order valence-electron chi connectivity index (χ2n) is 6.88. The number of halogens is 1. The Balaban J connectivity index is 1.90. The zero-order chi connectivity index (χ0) is 16.3. The second kappa shape index (κ2) is 6.55. The van der Waals surface area contributed by atoms with Gasteiger partial charge in [0.1, 0.15) is 11.8 Å². The SMILES string of the molecule is CC(C)(C)OC(=O)N1CCC(C(F)c2cccc(N)c2)CC1. The maximum Gasteiger partial charge on any atom is 0.410 e. The minimum absolute atomic E-state index is 0.0829. The molecule has 1 atom stereocenters. The van der Waals surface area contributed by atoms with Gasteiger partial charge in [0.05, 0.1) is 0 Å². The van der Waals surface area contributed by atoms with Crippen molar-refractivity contribution in [2.45, 2.75) is 45.4 Å². The van der Waals surface area contributed by atoms with E-state index in [0.29, 0.717) is 37.2 Å². The van der Waals surface area contributed by atoms with Gasteiger partial charge in [-0.3, -0.25) is 0 Å². The summed E-state index contributed by atoms with van der Waals surface area (Å²) in [6.45, 7) is 6.59. The molecule has 1 fully saturated rings. The molecule has 22 heavy (non-hydrogen) atoms. The van der Waals surface area contributed by atoms with E-state index in [0.717, 1.165) is 0 Å². The van der Waals surface area contributed by atoms with Crippen molar-refractivity contribution in [2.24, 2.45) is 5.92 Å². The molecule has 0 spiro atoms. The predicted molar refractivity (Wildman–Crippen MR) is 85.2 cm³/mol. The van der Waals surface area contributed by atoms with E-state index in [1.807, 2.05) is 20.8 Å². The van der Waals surface area contributed by atoms with Gasteiger partial charge >= 0.3 is 6.09 Å². The standard InChI is InChI=1S/C17H25FN2O2/c1-17(2,3)22-16(21)20-9-7-12(8-10-20)15(18)13-5-4-6-14(19)11-13/h4-6,11-12,15H,7-10,19H2,1-3H3. The Bertz CT molecular complexity index is 520.